The molecule has 2 N–H and O–H groups in total. The molecule has 0 aliphatic heterocycles. The Morgan fingerprint density at radius 2 is 1.73 bits per heavy atom. The van der Waals surface area contributed by atoms with Gasteiger partial charge in [0.05, 0.1) is 29.1 Å². The minimum Gasteiger partial charge on any atom is -0.507 e. The quantitative estimate of drug-likeness (QED) is 0.186. The fourth-order valence-corrected chi connectivity index (χ4v) is 2.74. The highest BCUT2D eigenvalue weighted by atomic mass is 16.6. The van der Waals surface area contributed by atoms with Gasteiger partial charge in [0.25, 0.3) is 0 Å². The molecular formula is C20H17NO9. The van der Waals surface area contributed by atoms with Crippen LogP contribution in [-0.2, 0) is 0 Å². The number of rotatable bonds is 8. The number of hydrogen-bond acceptors (Lipinski definition) is 9. The van der Waals surface area contributed by atoms with Crippen LogP contribution in [0.3, 0.4) is 0 Å². The smallest absolute Gasteiger partial charge is 0.419 e. The lowest BCUT2D eigenvalue weighted by Crippen LogP contribution is -2.07. The van der Waals surface area contributed by atoms with Crippen LogP contribution in [0, 0.1) is 10.1 Å². The third-order valence-corrected chi connectivity index (χ3v) is 4.19. The number of nitro groups is 1. The largest absolute Gasteiger partial charge is 0.507 e. The molecule has 0 atom stereocenters. The lowest BCUT2D eigenvalue weighted by molar-refractivity contribution is -0.388. The number of Topliss-reactive ketones (excluding diaryl/α,β-unsaturated/α-hetero) is 1. The molecule has 0 amide bonds. The summed E-state index contributed by atoms with van der Waals surface area (Å²) < 4.78 is 15.9. The predicted molar refractivity (Wildman–Crippen MR) is 105 cm³/mol. The summed E-state index contributed by atoms with van der Waals surface area (Å²) >= 11 is 0. The van der Waals surface area contributed by atoms with Gasteiger partial charge in [0.15, 0.2) is 5.78 Å². The van der Waals surface area contributed by atoms with E-state index in [9.17, 15) is 29.9 Å². The summed E-state index contributed by atoms with van der Waals surface area (Å²) in [6.07, 6.45) is 0.475. The number of aromatic hydroxyl groups is 2. The lowest BCUT2D eigenvalue weighted by atomic mass is 10.1. The van der Waals surface area contributed by atoms with Crippen LogP contribution in [0.25, 0.3) is 11.0 Å². The number of ether oxygens (including phenoxy) is 2. The van der Waals surface area contributed by atoms with Crippen LogP contribution in [0.4, 0.5) is 5.69 Å². The molecule has 156 valence electrons. The fourth-order valence-electron chi connectivity index (χ4n) is 2.74. The SMILES string of the molecule is CC(=O)c1ccc(OCCCOc2ccc3c(O)c([N+](=O)[O-])c(=O)oc3c2)cc1O. The van der Waals surface area contributed by atoms with Crippen molar-refractivity contribution in [3.8, 4) is 23.0 Å². The van der Waals surface area contributed by atoms with Gasteiger partial charge in [0.2, 0.25) is 5.75 Å². The minimum absolute atomic E-state index is 0.0193. The Morgan fingerprint density at radius 3 is 2.33 bits per heavy atom. The Labute approximate surface area is 169 Å². The van der Waals surface area contributed by atoms with E-state index in [1.807, 2.05) is 0 Å². The van der Waals surface area contributed by atoms with E-state index in [2.05, 4.69) is 0 Å². The number of phenolic OH excluding ortho intramolecular Hbond substituents is 1. The maximum Gasteiger partial charge on any atom is 0.419 e. The first kappa shape index (κ1) is 20.6. The first-order valence-corrected chi connectivity index (χ1v) is 8.81. The van der Waals surface area contributed by atoms with Gasteiger partial charge in [-0.25, -0.2) is 4.79 Å². The first-order chi connectivity index (χ1) is 14.3. The van der Waals surface area contributed by atoms with E-state index in [0.717, 1.165) is 0 Å². The van der Waals surface area contributed by atoms with Crippen LogP contribution in [0.2, 0.25) is 0 Å². The summed E-state index contributed by atoms with van der Waals surface area (Å²) in [5, 5.41) is 30.6. The number of nitrogens with zero attached hydrogens (tertiary/aromatic N) is 1. The van der Waals surface area contributed by atoms with E-state index < -0.39 is 22.0 Å². The van der Waals surface area contributed by atoms with Gasteiger partial charge >= 0.3 is 11.3 Å². The summed E-state index contributed by atoms with van der Waals surface area (Å²) in [6, 6.07) is 8.59. The first-order valence-electron chi connectivity index (χ1n) is 8.81. The van der Waals surface area contributed by atoms with Gasteiger partial charge in [-0.1, -0.05) is 0 Å². The van der Waals surface area contributed by atoms with E-state index in [4.69, 9.17) is 13.9 Å². The van der Waals surface area contributed by atoms with Crippen molar-refractivity contribution < 1.29 is 33.8 Å². The molecule has 1 heterocycles. The maximum atomic E-state index is 11.7. The van der Waals surface area contributed by atoms with E-state index in [-0.39, 0.29) is 41.3 Å². The van der Waals surface area contributed by atoms with Crippen LogP contribution in [0.5, 0.6) is 23.0 Å². The molecule has 3 aromatic rings. The van der Waals surface area contributed by atoms with Crippen molar-refractivity contribution in [1.29, 1.82) is 0 Å². The minimum atomic E-state index is -1.26. The van der Waals surface area contributed by atoms with Crippen LogP contribution in [0.15, 0.2) is 45.6 Å². The Hall–Kier alpha value is -4.08. The van der Waals surface area contributed by atoms with Crippen molar-refractivity contribution >= 4 is 22.4 Å². The zero-order valence-corrected chi connectivity index (χ0v) is 15.8. The summed E-state index contributed by atoms with van der Waals surface area (Å²) in [7, 11) is 0. The summed E-state index contributed by atoms with van der Waals surface area (Å²) in [5.41, 5.74) is -2.10. The van der Waals surface area contributed by atoms with E-state index in [0.29, 0.717) is 17.9 Å². The van der Waals surface area contributed by atoms with E-state index in [1.165, 1.54) is 37.3 Å². The molecule has 0 unspecified atom stereocenters. The average Bonchev–Trinajstić information content (AvgIpc) is 2.67. The molecule has 3 rings (SSSR count). The Balaban J connectivity index is 1.58. The normalized spacial score (nSPS) is 10.7. The maximum absolute atomic E-state index is 11.7. The Bertz CT molecular complexity index is 1180. The van der Waals surface area contributed by atoms with E-state index >= 15 is 0 Å². The monoisotopic (exact) mass is 415 g/mol. The zero-order valence-electron chi connectivity index (χ0n) is 15.8. The molecule has 0 spiro atoms. The van der Waals surface area contributed by atoms with Crippen LogP contribution in [0.1, 0.15) is 23.7 Å². The number of benzene rings is 2. The molecule has 0 saturated carbocycles. The molecule has 0 saturated heterocycles. The number of ketones is 1. The van der Waals surface area contributed by atoms with Gasteiger partial charge in [0.1, 0.15) is 22.8 Å². The molecule has 0 fully saturated rings. The standard InChI is InChI=1S/C20H17NO9/c1-11(22)14-5-3-12(9-16(14)23)28-7-2-8-29-13-4-6-15-17(10-13)30-20(25)18(19(15)24)21(26)27/h3-6,9-10,23-24H,2,7-8H2,1H3. The molecule has 0 radical (unpaired) electrons. The number of hydrogen-bond donors (Lipinski definition) is 2. The molecule has 0 aliphatic carbocycles. The highest BCUT2D eigenvalue weighted by Gasteiger charge is 2.24. The van der Waals surface area contributed by atoms with Crippen LogP contribution >= 0.6 is 0 Å². The van der Waals surface area contributed by atoms with Gasteiger partial charge in [-0.3, -0.25) is 14.9 Å². The highest BCUT2D eigenvalue weighted by Crippen LogP contribution is 2.32. The van der Waals surface area contributed by atoms with Crippen molar-refractivity contribution in [2.75, 3.05) is 13.2 Å². The van der Waals surface area contributed by atoms with Gasteiger partial charge in [-0.15, -0.1) is 0 Å². The second kappa shape index (κ2) is 8.52. The van der Waals surface area contributed by atoms with E-state index in [1.54, 1.807) is 6.07 Å². The summed E-state index contributed by atoms with van der Waals surface area (Å²) in [6.45, 7) is 1.87. The molecule has 10 nitrogen and oxygen atoms in total. The number of carbonyl (C=O) groups excluding carboxylic acids is 1. The number of carbonyl (C=O) groups is 1. The van der Waals surface area contributed by atoms with Crippen molar-refractivity contribution in [2.24, 2.45) is 0 Å². The molecule has 0 aliphatic rings. The van der Waals surface area contributed by atoms with Gasteiger partial charge in [0, 0.05) is 18.6 Å². The third kappa shape index (κ3) is 4.32. The molecule has 10 heteroatoms. The second-order valence-corrected chi connectivity index (χ2v) is 6.29. The zero-order chi connectivity index (χ0) is 21.8. The van der Waals surface area contributed by atoms with Crippen LogP contribution in [-0.4, -0.2) is 34.1 Å². The molecule has 30 heavy (non-hydrogen) atoms. The fraction of sp³-hybridized carbons (Fsp3) is 0.200. The Morgan fingerprint density at radius 1 is 1.10 bits per heavy atom. The topological polar surface area (TPSA) is 149 Å². The average molecular weight is 415 g/mol. The van der Waals surface area contributed by atoms with Crippen molar-refractivity contribution in [1.82, 2.24) is 0 Å². The third-order valence-electron chi connectivity index (χ3n) is 4.19. The van der Waals surface area contributed by atoms with Gasteiger partial charge in [-0.05, 0) is 31.2 Å². The highest BCUT2D eigenvalue weighted by molar-refractivity contribution is 5.96. The second-order valence-electron chi connectivity index (χ2n) is 6.29. The van der Waals surface area contributed by atoms with Crippen LogP contribution < -0.4 is 15.1 Å². The summed E-state index contributed by atoms with van der Waals surface area (Å²) in [5.74, 6) is -0.423. The van der Waals surface area contributed by atoms with Crippen molar-refractivity contribution in [3.63, 3.8) is 0 Å². The molecule has 2 aromatic carbocycles. The molecular weight excluding hydrogens is 398 g/mol. The number of phenols is 1. The number of fused-ring (bicyclic) bond motifs is 1. The molecule has 0 bridgehead atoms. The van der Waals surface area contributed by atoms with Gasteiger partial charge < -0.3 is 24.1 Å². The van der Waals surface area contributed by atoms with Crippen molar-refractivity contribution in [3.05, 3.63) is 62.5 Å². The summed E-state index contributed by atoms with van der Waals surface area (Å²) in [4.78, 5) is 32.8. The van der Waals surface area contributed by atoms with Crippen molar-refractivity contribution in [2.45, 2.75) is 13.3 Å². The lowest BCUT2D eigenvalue weighted by Gasteiger charge is -2.10. The predicted octanol–water partition coefficient (Wildman–Crippen LogP) is 3.16. The molecule has 1 aromatic heterocycles. The van der Waals surface area contributed by atoms with Gasteiger partial charge in [-0.2, -0.15) is 0 Å². The Kier molecular flexibility index (Phi) is 5.86.